The van der Waals surface area contributed by atoms with Crippen molar-refractivity contribution in [1.29, 1.82) is 0 Å². The average molecular weight is 624 g/mol. The molecule has 242 valence electrons. The summed E-state index contributed by atoms with van der Waals surface area (Å²) in [4.78, 5) is 26.9. The van der Waals surface area contributed by atoms with Crippen molar-refractivity contribution in [3.63, 3.8) is 0 Å². The third kappa shape index (κ3) is 7.68. The molecule has 0 spiro atoms. The number of carbonyl (C=O) groups is 2. The van der Waals surface area contributed by atoms with Crippen LogP contribution in [0.3, 0.4) is 0 Å². The predicted molar refractivity (Wildman–Crippen MR) is 156 cm³/mol. The number of methoxy groups -OCH3 is 1. The van der Waals surface area contributed by atoms with Crippen LogP contribution in [0, 0.1) is 6.92 Å². The lowest BCUT2D eigenvalue weighted by molar-refractivity contribution is -0.714. The lowest BCUT2D eigenvalue weighted by Gasteiger charge is -2.33. The van der Waals surface area contributed by atoms with E-state index in [4.69, 9.17) is 30.2 Å². The number of hydrogen-bond donors (Lipinski definition) is 1. The highest BCUT2D eigenvalue weighted by Gasteiger charge is 2.30. The molecule has 0 unspecified atom stereocenters. The Labute approximate surface area is 254 Å². The van der Waals surface area contributed by atoms with Crippen molar-refractivity contribution in [3.05, 3.63) is 34.9 Å². The van der Waals surface area contributed by atoms with Crippen LogP contribution in [0.25, 0.3) is 5.65 Å². The number of aromatic nitrogens is 4. The molecule has 0 atom stereocenters. The molecule has 0 amide bonds. The number of anilines is 3. The number of alkyl halides is 3. The number of nitrogen functional groups attached to an aromatic ring is 1. The summed E-state index contributed by atoms with van der Waals surface area (Å²) >= 11 is 0. The Morgan fingerprint density at radius 2 is 1.73 bits per heavy atom. The normalized spacial score (nSPS) is 13.8. The minimum absolute atomic E-state index is 0.0479. The molecular formula is C29H40F3N7O5. The molecule has 0 aliphatic carbocycles. The van der Waals surface area contributed by atoms with Gasteiger partial charge in [0.2, 0.25) is 5.78 Å². The topological polar surface area (TPSA) is 142 Å². The molecule has 44 heavy (non-hydrogen) atoms. The summed E-state index contributed by atoms with van der Waals surface area (Å²) in [5.74, 6) is -1.18. The number of rotatable bonds is 8. The van der Waals surface area contributed by atoms with E-state index in [1.165, 1.54) is 0 Å². The molecule has 1 saturated heterocycles. The smallest absolute Gasteiger partial charge is 0.430 e. The van der Waals surface area contributed by atoms with Crippen LogP contribution < -0.4 is 30.1 Å². The molecule has 1 aromatic carbocycles. The van der Waals surface area contributed by atoms with Crippen molar-refractivity contribution in [2.45, 2.75) is 59.7 Å². The zero-order valence-electron chi connectivity index (χ0n) is 26.1. The van der Waals surface area contributed by atoms with E-state index in [1.54, 1.807) is 16.3 Å². The summed E-state index contributed by atoms with van der Waals surface area (Å²) in [6.07, 6.45) is -5.19. The highest BCUT2D eigenvalue weighted by molar-refractivity contribution is 5.97. The number of benzene rings is 1. The Kier molecular flexibility index (Phi) is 10.7. The van der Waals surface area contributed by atoms with Gasteiger partial charge in [0.25, 0.3) is 0 Å². The predicted octanol–water partition coefficient (Wildman–Crippen LogP) is 2.08. The van der Waals surface area contributed by atoms with Crippen LogP contribution >= 0.6 is 0 Å². The molecule has 2 N–H and O–H groups in total. The average Bonchev–Trinajstić information content (AvgIpc) is 3.27. The summed E-state index contributed by atoms with van der Waals surface area (Å²) in [5.41, 5.74) is 10.2. The largest absolute Gasteiger partial charge is 0.542 e. The maximum Gasteiger partial charge on any atom is 0.430 e. The van der Waals surface area contributed by atoms with Gasteiger partial charge >= 0.3 is 17.8 Å². The van der Waals surface area contributed by atoms with Crippen molar-refractivity contribution in [3.8, 4) is 5.75 Å². The molecule has 0 bridgehead atoms. The zero-order chi connectivity index (χ0) is 33.0. The van der Waals surface area contributed by atoms with Gasteiger partial charge in [-0.25, -0.2) is 0 Å². The number of morpholine rings is 1. The number of aryl methyl sites for hydroxylation is 1. The number of Topliss-reactive ketones (excluding diaryl/α,β-unsaturated/α-hetero) is 1. The van der Waals surface area contributed by atoms with E-state index in [-0.39, 0.29) is 23.7 Å². The molecule has 3 heterocycles. The second-order valence-electron chi connectivity index (χ2n) is 11.2. The minimum Gasteiger partial charge on any atom is -0.542 e. The minimum atomic E-state index is -5.19. The van der Waals surface area contributed by atoms with E-state index < -0.39 is 12.1 Å². The van der Waals surface area contributed by atoms with Crippen LogP contribution in [-0.4, -0.2) is 79.1 Å². The fraction of sp³-hybridized carbons (Fsp3) is 0.552. The number of hydrogen-bond acceptors (Lipinski definition) is 10. The maximum atomic E-state index is 13.7. The Morgan fingerprint density at radius 1 is 1.14 bits per heavy atom. The number of halogens is 3. The van der Waals surface area contributed by atoms with Crippen molar-refractivity contribution in [2.75, 3.05) is 62.0 Å². The molecule has 1 fully saturated rings. The molecule has 12 nitrogen and oxygen atoms in total. The summed E-state index contributed by atoms with van der Waals surface area (Å²) in [7, 11) is 1.69. The Bertz CT molecular complexity index is 1490. The molecule has 15 heteroatoms. The van der Waals surface area contributed by atoms with Crippen LogP contribution in [0.1, 0.15) is 56.1 Å². The zero-order valence-corrected chi connectivity index (χ0v) is 26.1. The molecule has 0 radical (unpaired) electrons. The number of ketones is 1. The fourth-order valence-corrected chi connectivity index (χ4v) is 4.91. The lowest BCUT2D eigenvalue weighted by Crippen LogP contribution is -2.41. The number of fused-ring (bicyclic) bond motifs is 1. The van der Waals surface area contributed by atoms with Gasteiger partial charge in [-0.15, -0.1) is 4.68 Å². The third-order valence-electron chi connectivity index (χ3n) is 7.15. The molecule has 1 aliphatic rings. The van der Waals surface area contributed by atoms with Crippen LogP contribution in [0.15, 0.2) is 18.2 Å². The van der Waals surface area contributed by atoms with Crippen LogP contribution in [0.4, 0.5) is 30.6 Å². The summed E-state index contributed by atoms with van der Waals surface area (Å²) in [6.45, 7) is 17.0. The number of nitrogens with two attached hydrogens (primary N) is 1. The van der Waals surface area contributed by atoms with Gasteiger partial charge in [-0.2, -0.15) is 13.2 Å². The second-order valence-corrected chi connectivity index (χ2v) is 11.2. The summed E-state index contributed by atoms with van der Waals surface area (Å²) in [5, 5.41) is 18.0. The highest BCUT2D eigenvalue weighted by atomic mass is 19.4. The quantitative estimate of drug-likeness (QED) is 0.293. The van der Waals surface area contributed by atoms with Gasteiger partial charge in [0, 0.05) is 42.9 Å². The van der Waals surface area contributed by atoms with Crippen molar-refractivity contribution < 1.29 is 42.0 Å². The Balaban J connectivity index is 0.000000676. The number of nitrogens with zero attached hydrogens (tertiary/aromatic N) is 6. The number of carboxylic acid groups (broad SMARTS) is 1. The van der Waals surface area contributed by atoms with Gasteiger partial charge in [0.05, 0.1) is 26.0 Å². The van der Waals surface area contributed by atoms with Crippen molar-refractivity contribution in [1.82, 2.24) is 14.7 Å². The third-order valence-corrected chi connectivity index (χ3v) is 7.15. The van der Waals surface area contributed by atoms with Gasteiger partial charge in [0.1, 0.15) is 11.7 Å². The first kappa shape index (κ1) is 34.4. The van der Waals surface area contributed by atoms with Gasteiger partial charge in [-0.05, 0) is 49.5 Å². The van der Waals surface area contributed by atoms with E-state index in [9.17, 15) is 18.0 Å². The molecule has 4 rings (SSSR count). The van der Waals surface area contributed by atoms with Gasteiger partial charge in [-0.1, -0.05) is 30.4 Å². The number of aliphatic carboxylic acids is 1. The molecular weight excluding hydrogens is 583 g/mol. The lowest BCUT2D eigenvalue weighted by atomic mass is 9.84. The van der Waals surface area contributed by atoms with E-state index in [1.807, 2.05) is 25.1 Å². The standard InChI is InChI=1S/C27H40N7O3.C2HF3O2/c1-8-31(9-2)23-14-18(3)25-33(30-26(28)34(25)29-23)17-22(35)19-15-20(27(4,5)6)24(36-7)21(16-19)32-10-12-37-13-11-32;3-2(4,5)1(6)7/h14-16H,8-13,17H2,1-7H3,(H2,28,30);(H,6,7)/q+1;/p-1. The van der Waals surface area contributed by atoms with Crippen LogP contribution in [-0.2, 0) is 21.5 Å². The first-order chi connectivity index (χ1) is 20.5. The summed E-state index contributed by atoms with van der Waals surface area (Å²) in [6, 6.07) is 5.91. The van der Waals surface area contributed by atoms with Gasteiger partial charge in [-0.3, -0.25) is 4.79 Å². The first-order valence-corrected chi connectivity index (χ1v) is 14.2. The molecule has 2 aromatic heterocycles. The van der Waals surface area contributed by atoms with Gasteiger partial charge < -0.3 is 34.9 Å². The van der Waals surface area contributed by atoms with E-state index >= 15 is 0 Å². The molecule has 0 saturated carbocycles. The molecule has 3 aromatic rings. The fourth-order valence-electron chi connectivity index (χ4n) is 4.91. The van der Waals surface area contributed by atoms with E-state index in [2.05, 4.69) is 49.5 Å². The first-order valence-electron chi connectivity index (χ1n) is 14.2. The van der Waals surface area contributed by atoms with E-state index in [0.29, 0.717) is 24.4 Å². The molecule has 1 aliphatic heterocycles. The van der Waals surface area contributed by atoms with Crippen molar-refractivity contribution in [2.24, 2.45) is 0 Å². The Hall–Kier alpha value is -4.14. The maximum absolute atomic E-state index is 13.7. The summed E-state index contributed by atoms with van der Waals surface area (Å²) < 4.78 is 46.3. The van der Waals surface area contributed by atoms with Gasteiger partial charge in [0.15, 0.2) is 12.4 Å². The number of carbonyl (C=O) groups excluding carboxylic acids is 2. The number of carboxylic acids is 1. The highest BCUT2D eigenvalue weighted by Crippen LogP contribution is 2.40. The van der Waals surface area contributed by atoms with Crippen LogP contribution in [0.5, 0.6) is 5.75 Å². The van der Waals surface area contributed by atoms with Crippen molar-refractivity contribution >= 4 is 34.9 Å². The van der Waals surface area contributed by atoms with Crippen LogP contribution in [0.2, 0.25) is 0 Å². The Morgan fingerprint density at radius 3 is 2.23 bits per heavy atom. The SMILES string of the molecule is CCN(CC)c1cc(C)c2n(n1)c(N)n[n+]2CC(=O)c1cc(N2CCOCC2)c(OC)c(C(C)(C)C)c1.O=C([O-])C(F)(F)F. The second kappa shape index (κ2) is 13.7. The monoisotopic (exact) mass is 623 g/mol. The number of ether oxygens (including phenoxy) is 2. The van der Waals surface area contributed by atoms with E-state index in [0.717, 1.165) is 54.6 Å².